The van der Waals surface area contributed by atoms with Gasteiger partial charge in [-0.25, -0.2) is 0 Å². The Hall–Kier alpha value is -0.860. The molecule has 0 saturated heterocycles. The van der Waals surface area contributed by atoms with E-state index in [-0.39, 0.29) is 0 Å². The fourth-order valence-electron chi connectivity index (χ4n) is 3.06. The van der Waals surface area contributed by atoms with Crippen molar-refractivity contribution in [2.24, 2.45) is 0 Å². The molecule has 19 heavy (non-hydrogen) atoms. The standard InChI is InChI=1S/C17H27NO/c1-4-18-17(10-13(2)19-3)12-14-8-9-15-6-5-7-16(15)11-14/h8-9,11,13,17-18H,4-7,10,12H2,1-3H3. The predicted molar refractivity (Wildman–Crippen MR) is 80.7 cm³/mol. The maximum atomic E-state index is 5.40. The molecule has 0 amide bonds. The summed E-state index contributed by atoms with van der Waals surface area (Å²) in [6.45, 7) is 5.34. The minimum atomic E-state index is 0.318. The third kappa shape index (κ3) is 4.05. The van der Waals surface area contributed by atoms with Crippen LogP contribution in [-0.2, 0) is 24.0 Å². The van der Waals surface area contributed by atoms with E-state index in [1.807, 2.05) is 0 Å². The van der Waals surface area contributed by atoms with Crippen molar-refractivity contribution in [3.8, 4) is 0 Å². The molecule has 0 spiro atoms. The highest BCUT2D eigenvalue weighted by molar-refractivity contribution is 5.35. The highest BCUT2D eigenvalue weighted by Crippen LogP contribution is 2.23. The van der Waals surface area contributed by atoms with Gasteiger partial charge in [0.25, 0.3) is 0 Å². The molecule has 0 fully saturated rings. The Morgan fingerprint density at radius 1 is 1.26 bits per heavy atom. The van der Waals surface area contributed by atoms with Gasteiger partial charge in [0.1, 0.15) is 0 Å². The first-order valence-electron chi connectivity index (χ1n) is 7.59. The Bertz CT molecular complexity index is 402. The molecule has 2 rings (SSSR count). The lowest BCUT2D eigenvalue weighted by molar-refractivity contribution is 0.101. The Morgan fingerprint density at radius 2 is 2.05 bits per heavy atom. The average Bonchev–Trinajstić information content (AvgIpc) is 2.86. The molecule has 0 heterocycles. The summed E-state index contributed by atoms with van der Waals surface area (Å²) in [4.78, 5) is 0. The second kappa shape index (κ2) is 7.06. The van der Waals surface area contributed by atoms with Crippen LogP contribution < -0.4 is 5.32 Å². The Balaban J connectivity index is 1.99. The Kier molecular flexibility index (Phi) is 5.41. The molecule has 2 heteroatoms. The van der Waals surface area contributed by atoms with E-state index in [1.54, 1.807) is 18.2 Å². The van der Waals surface area contributed by atoms with E-state index in [0.717, 1.165) is 19.4 Å². The SMILES string of the molecule is CCNC(Cc1ccc2c(c1)CCC2)CC(C)OC. The quantitative estimate of drug-likeness (QED) is 0.814. The predicted octanol–water partition coefficient (Wildman–Crippen LogP) is 3.12. The van der Waals surface area contributed by atoms with Crippen molar-refractivity contribution in [3.05, 3.63) is 34.9 Å². The number of benzene rings is 1. The number of fused-ring (bicyclic) bond motifs is 1. The number of hydrogen-bond acceptors (Lipinski definition) is 2. The molecular weight excluding hydrogens is 234 g/mol. The van der Waals surface area contributed by atoms with E-state index in [1.165, 1.54) is 24.8 Å². The minimum Gasteiger partial charge on any atom is -0.382 e. The maximum Gasteiger partial charge on any atom is 0.0558 e. The smallest absolute Gasteiger partial charge is 0.0558 e. The molecule has 2 atom stereocenters. The molecule has 1 aromatic carbocycles. The summed E-state index contributed by atoms with van der Waals surface area (Å²) in [5, 5.41) is 3.58. The molecule has 1 aromatic rings. The van der Waals surface area contributed by atoms with Crippen LogP contribution in [0, 0.1) is 0 Å². The van der Waals surface area contributed by atoms with Crippen LogP contribution in [0.5, 0.6) is 0 Å². The van der Waals surface area contributed by atoms with E-state index in [9.17, 15) is 0 Å². The van der Waals surface area contributed by atoms with Crippen LogP contribution in [0.25, 0.3) is 0 Å². The molecule has 1 aliphatic rings. The fourth-order valence-corrected chi connectivity index (χ4v) is 3.06. The topological polar surface area (TPSA) is 21.3 Å². The first-order valence-corrected chi connectivity index (χ1v) is 7.59. The lowest BCUT2D eigenvalue weighted by Gasteiger charge is -2.21. The zero-order valence-electron chi connectivity index (χ0n) is 12.5. The van der Waals surface area contributed by atoms with Crippen LogP contribution in [0.15, 0.2) is 18.2 Å². The molecule has 0 bridgehead atoms. The summed E-state index contributed by atoms with van der Waals surface area (Å²) >= 11 is 0. The van der Waals surface area contributed by atoms with Crippen molar-refractivity contribution in [2.75, 3.05) is 13.7 Å². The molecule has 0 radical (unpaired) electrons. The van der Waals surface area contributed by atoms with Crippen molar-refractivity contribution in [3.63, 3.8) is 0 Å². The molecule has 0 saturated carbocycles. The van der Waals surface area contributed by atoms with Gasteiger partial charge in [0.05, 0.1) is 6.10 Å². The van der Waals surface area contributed by atoms with Gasteiger partial charge >= 0.3 is 0 Å². The summed E-state index contributed by atoms with van der Waals surface area (Å²) in [6.07, 6.45) is 6.36. The van der Waals surface area contributed by atoms with Crippen molar-refractivity contribution >= 4 is 0 Å². The van der Waals surface area contributed by atoms with Gasteiger partial charge in [-0.1, -0.05) is 25.1 Å². The van der Waals surface area contributed by atoms with Crippen LogP contribution in [0.4, 0.5) is 0 Å². The van der Waals surface area contributed by atoms with Crippen LogP contribution in [-0.4, -0.2) is 25.8 Å². The van der Waals surface area contributed by atoms with Crippen LogP contribution in [0.3, 0.4) is 0 Å². The number of methoxy groups -OCH3 is 1. The molecule has 0 aliphatic heterocycles. The van der Waals surface area contributed by atoms with Crippen molar-refractivity contribution in [1.82, 2.24) is 5.32 Å². The summed E-state index contributed by atoms with van der Waals surface area (Å²) in [7, 11) is 1.79. The second-order valence-electron chi connectivity index (χ2n) is 5.70. The minimum absolute atomic E-state index is 0.318. The number of likely N-dealkylation sites (N-methyl/N-ethyl adjacent to an activating group) is 1. The molecular formula is C17H27NO. The molecule has 1 aliphatic carbocycles. The number of nitrogens with one attached hydrogen (secondary N) is 1. The number of hydrogen-bond donors (Lipinski definition) is 1. The first kappa shape index (κ1) is 14.5. The van der Waals surface area contributed by atoms with Gasteiger partial charge in [-0.15, -0.1) is 0 Å². The summed E-state index contributed by atoms with van der Waals surface area (Å²) in [5.41, 5.74) is 4.61. The van der Waals surface area contributed by atoms with E-state index in [4.69, 9.17) is 4.74 Å². The summed E-state index contributed by atoms with van der Waals surface area (Å²) < 4.78 is 5.40. The van der Waals surface area contributed by atoms with Gasteiger partial charge in [0, 0.05) is 13.2 Å². The van der Waals surface area contributed by atoms with Gasteiger partial charge in [-0.2, -0.15) is 0 Å². The van der Waals surface area contributed by atoms with Crippen LogP contribution >= 0.6 is 0 Å². The van der Waals surface area contributed by atoms with E-state index >= 15 is 0 Å². The van der Waals surface area contributed by atoms with Crippen LogP contribution in [0.1, 0.15) is 43.4 Å². The molecule has 0 aromatic heterocycles. The average molecular weight is 261 g/mol. The van der Waals surface area contributed by atoms with Crippen molar-refractivity contribution in [2.45, 2.75) is 58.1 Å². The zero-order valence-corrected chi connectivity index (χ0v) is 12.5. The largest absolute Gasteiger partial charge is 0.382 e. The lowest BCUT2D eigenvalue weighted by atomic mass is 9.98. The third-order valence-electron chi connectivity index (χ3n) is 4.16. The van der Waals surface area contributed by atoms with Crippen molar-refractivity contribution < 1.29 is 4.74 Å². The molecule has 1 N–H and O–H groups in total. The molecule has 2 unspecified atom stereocenters. The van der Waals surface area contributed by atoms with Crippen LogP contribution in [0.2, 0.25) is 0 Å². The Labute approximate surface area is 117 Å². The summed E-state index contributed by atoms with van der Waals surface area (Å²) in [5.74, 6) is 0. The van der Waals surface area contributed by atoms with Gasteiger partial charge in [-0.3, -0.25) is 0 Å². The monoisotopic (exact) mass is 261 g/mol. The second-order valence-corrected chi connectivity index (χ2v) is 5.70. The van der Waals surface area contributed by atoms with Gasteiger partial charge in [0.15, 0.2) is 0 Å². The number of rotatable bonds is 7. The highest BCUT2D eigenvalue weighted by Gasteiger charge is 2.15. The highest BCUT2D eigenvalue weighted by atomic mass is 16.5. The molecule has 106 valence electrons. The van der Waals surface area contributed by atoms with Crippen molar-refractivity contribution in [1.29, 1.82) is 0 Å². The van der Waals surface area contributed by atoms with Gasteiger partial charge < -0.3 is 10.1 Å². The third-order valence-corrected chi connectivity index (χ3v) is 4.16. The van der Waals surface area contributed by atoms with E-state index in [2.05, 4.69) is 37.4 Å². The van der Waals surface area contributed by atoms with Gasteiger partial charge in [-0.05, 0) is 62.3 Å². The summed E-state index contributed by atoms with van der Waals surface area (Å²) in [6, 6.07) is 7.58. The van der Waals surface area contributed by atoms with E-state index in [0.29, 0.717) is 12.1 Å². The van der Waals surface area contributed by atoms with E-state index < -0.39 is 0 Å². The normalized spacial score (nSPS) is 17.2. The Morgan fingerprint density at radius 3 is 2.79 bits per heavy atom. The maximum absolute atomic E-state index is 5.40. The number of ether oxygens (including phenoxy) is 1. The first-order chi connectivity index (χ1) is 9.22. The lowest BCUT2D eigenvalue weighted by Crippen LogP contribution is -2.34. The zero-order chi connectivity index (χ0) is 13.7. The molecule has 2 nitrogen and oxygen atoms in total. The van der Waals surface area contributed by atoms with Gasteiger partial charge in [0.2, 0.25) is 0 Å². The number of aryl methyl sites for hydroxylation is 2. The fraction of sp³-hybridized carbons (Fsp3) is 0.647.